The van der Waals surface area contributed by atoms with Crippen molar-refractivity contribution in [3.8, 4) is 0 Å². The molecule has 1 amide bonds. The first-order valence-electron chi connectivity index (χ1n) is 8.23. The van der Waals surface area contributed by atoms with Crippen LogP contribution in [0.25, 0.3) is 0 Å². The van der Waals surface area contributed by atoms with E-state index in [0.717, 1.165) is 5.56 Å². The molecule has 26 heavy (non-hydrogen) atoms. The number of nitrogens with zero attached hydrogens (tertiary/aromatic N) is 1. The van der Waals surface area contributed by atoms with Gasteiger partial charge in [0.25, 0.3) is 0 Å². The fourth-order valence-corrected chi connectivity index (χ4v) is 3.75. The zero-order valence-corrected chi connectivity index (χ0v) is 15.4. The molecule has 0 spiro atoms. The van der Waals surface area contributed by atoms with Gasteiger partial charge in [0.15, 0.2) is 0 Å². The van der Waals surface area contributed by atoms with Gasteiger partial charge in [-0.2, -0.15) is 0 Å². The number of aliphatic carboxylic acids is 1. The Kier molecular flexibility index (Phi) is 5.81. The molecule has 1 heterocycles. The number of likely N-dealkylation sites (tertiary alicyclic amines) is 1. The van der Waals surface area contributed by atoms with Crippen molar-refractivity contribution in [2.24, 2.45) is 5.92 Å². The van der Waals surface area contributed by atoms with Crippen molar-refractivity contribution in [1.82, 2.24) is 4.90 Å². The number of rotatable bonds is 5. The van der Waals surface area contributed by atoms with E-state index in [2.05, 4.69) is 5.32 Å². The Morgan fingerprint density at radius 3 is 2.35 bits per heavy atom. The number of carbonyl (C=O) groups is 2. The van der Waals surface area contributed by atoms with E-state index >= 15 is 0 Å². The highest BCUT2D eigenvalue weighted by molar-refractivity contribution is 6.35. The highest BCUT2D eigenvalue weighted by Gasteiger charge is 2.36. The lowest BCUT2D eigenvalue weighted by Gasteiger charge is -2.27. The second-order valence-electron chi connectivity index (χ2n) is 6.28. The van der Waals surface area contributed by atoms with Crippen LogP contribution < -0.4 is 5.32 Å². The summed E-state index contributed by atoms with van der Waals surface area (Å²) in [6.45, 7) is 0.874. The molecular weight excluding hydrogens is 375 g/mol. The number of carboxylic acids is 1. The molecule has 7 heteroatoms. The van der Waals surface area contributed by atoms with Gasteiger partial charge in [-0.15, -0.1) is 0 Å². The standard InChI is InChI=1S/C19H18Cl2N2O3/c20-14-8-15(21)10-16(9-14)22-18(24)17(12-4-2-1-3-5-12)23-7-6-13(11-23)19(25)26/h1-5,8-10,13,17H,6-7,11H2,(H,22,24)(H,25,26). The maximum Gasteiger partial charge on any atom is 0.307 e. The third-order valence-electron chi connectivity index (χ3n) is 4.43. The quantitative estimate of drug-likeness (QED) is 0.803. The van der Waals surface area contributed by atoms with Gasteiger partial charge in [0.05, 0.1) is 5.92 Å². The first-order chi connectivity index (χ1) is 12.4. The van der Waals surface area contributed by atoms with E-state index in [0.29, 0.717) is 35.2 Å². The van der Waals surface area contributed by atoms with Crippen LogP contribution in [0.4, 0.5) is 5.69 Å². The van der Waals surface area contributed by atoms with Crippen molar-refractivity contribution >= 4 is 40.8 Å². The predicted octanol–water partition coefficient (Wildman–Crippen LogP) is 4.08. The molecule has 1 saturated heterocycles. The lowest BCUT2D eigenvalue weighted by atomic mass is 10.0. The number of benzene rings is 2. The van der Waals surface area contributed by atoms with Crippen LogP contribution in [0, 0.1) is 5.92 Å². The van der Waals surface area contributed by atoms with E-state index in [1.165, 1.54) is 0 Å². The maximum absolute atomic E-state index is 13.0. The van der Waals surface area contributed by atoms with E-state index in [1.54, 1.807) is 18.2 Å². The number of anilines is 1. The van der Waals surface area contributed by atoms with Gasteiger partial charge in [0.2, 0.25) is 5.91 Å². The number of amides is 1. The normalized spacial score (nSPS) is 18.5. The van der Waals surface area contributed by atoms with Gasteiger partial charge in [0, 0.05) is 28.8 Å². The molecule has 0 radical (unpaired) electrons. The fraction of sp³-hybridized carbons (Fsp3) is 0.263. The summed E-state index contributed by atoms with van der Waals surface area (Å²) in [6, 6.07) is 13.6. The molecule has 0 aromatic heterocycles. The zero-order valence-electron chi connectivity index (χ0n) is 13.9. The molecule has 3 rings (SSSR count). The van der Waals surface area contributed by atoms with E-state index in [4.69, 9.17) is 23.2 Å². The Labute approximate surface area is 161 Å². The molecule has 2 atom stereocenters. The summed E-state index contributed by atoms with van der Waals surface area (Å²) in [7, 11) is 0. The minimum Gasteiger partial charge on any atom is -0.481 e. The Balaban J connectivity index is 1.86. The number of hydrogen-bond acceptors (Lipinski definition) is 3. The molecule has 1 aliphatic rings. The molecule has 2 aromatic carbocycles. The molecule has 0 saturated carbocycles. The molecular formula is C19H18Cl2N2O3. The Morgan fingerprint density at radius 2 is 1.77 bits per heavy atom. The third kappa shape index (κ3) is 4.36. The topological polar surface area (TPSA) is 69.6 Å². The van der Waals surface area contributed by atoms with Gasteiger partial charge in [-0.25, -0.2) is 0 Å². The van der Waals surface area contributed by atoms with Crippen LogP contribution in [0.1, 0.15) is 18.0 Å². The molecule has 5 nitrogen and oxygen atoms in total. The highest BCUT2D eigenvalue weighted by atomic mass is 35.5. The van der Waals surface area contributed by atoms with Crippen molar-refractivity contribution < 1.29 is 14.7 Å². The van der Waals surface area contributed by atoms with Crippen LogP contribution >= 0.6 is 23.2 Å². The van der Waals surface area contributed by atoms with Crippen molar-refractivity contribution in [2.75, 3.05) is 18.4 Å². The van der Waals surface area contributed by atoms with Crippen LogP contribution in [0.5, 0.6) is 0 Å². The number of halogens is 2. The van der Waals surface area contributed by atoms with Gasteiger partial charge in [-0.05, 0) is 30.2 Å². The Bertz CT molecular complexity index is 793. The van der Waals surface area contributed by atoms with Crippen LogP contribution in [0.3, 0.4) is 0 Å². The van der Waals surface area contributed by atoms with Crippen molar-refractivity contribution in [1.29, 1.82) is 0 Å². The van der Waals surface area contributed by atoms with Gasteiger partial charge in [-0.1, -0.05) is 53.5 Å². The largest absolute Gasteiger partial charge is 0.481 e. The lowest BCUT2D eigenvalue weighted by molar-refractivity contribution is -0.141. The molecule has 0 bridgehead atoms. The van der Waals surface area contributed by atoms with Gasteiger partial charge >= 0.3 is 5.97 Å². The van der Waals surface area contributed by atoms with Crippen molar-refractivity contribution in [3.63, 3.8) is 0 Å². The van der Waals surface area contributed by atoms with Gasteiger partial charge in [-0.3, -0.25) is 14.5 Å². The molecule has 1 fully saturated rings. The number of carbonyl (C=O) groups excluding carboxylic acids is 1. The Morgan fingerprint density at radius 1 is 1.12 bits per heavy atom. The minimum atomic E-state index is -0.832. The van der Waals surface area contributed by atoms with E-state index in [9.17, 15) is 14.7 Å². The monoisotopic (exact) mass is 392 g/mol. The van der Waals surface area contributed by atoms with Crippen LogP contribution in [0.15, 0.2) is 48.5 Å². The average Bonchev–Trinajstić information content (AvgIpc) is 3.05. The second-order valence-corrected chi connectivity index (χ2v) is 7.15. The smallest absolute Gasteiger partial charge is 0.307 e. The number of nitrogens with one attached hydrogen (secondary N) is 1. The zero-order chi connectivity index (χ0) is 18.7. The Hall–Kier alpha value is -2.08. The summed E-state index contributed by atoms with van der Waals surface area (Å²) >= 11 is 12.0. The second kappa shape index (κ2) is 8.08. The summed E-state index contributed by atoms with van der Waals surface area (Å²) in [4.78, 5) is 26.2. The lowest BCUT2D eigenvalue weighted by Crippen LogP contribution is -2.36. The van der Waals surface area contributed by atoms with E-state index < -0.39 is 17.9 Å². The average molecular weight is 393 g/mol. The number of carboxylic acid groups (broad SMARTS) is 1. The van der Waals surface area contributed by atoms with Gasteiger partial charge in [0.1, 0.15) is 6.04 Å². The molecule has 0 aliphatic carbocycles. The summed E-state index contributed by atoms with van der Waals surface area (Å²) in [5.74, 6) is -1.54. The third-order valence-corrected chi connectivity index (χ3v) is 4.86. The first kappa shape index (κ1) is 18.7. The predicted molar refractivity (Wildman–Crippen MR) is 102 cm³/mol. The summed E-state index contributed by atoms with van der Waals surface area (Å²) < 4.78 is 0. The van der Waals surface area contributed by atoms with Gasteiger partial charge < -0.3 is 10.4 Å². The van der Waals surface area contributed by atoms with E-state index in [1.807, 2.05) is 35.2 Å². The van der Waals surface area contributed by atoms with Crippen LogP contribution in [-0.4, -0.2) is 35.0 Å². The molecule has 2 unspecified atom stereocenters. The van der Waals surface area contributed by atoms with Crippen LogP contribution in [0.2, 0.25) is 10.0 Å². The number of hydrogen-bond donors (Lipinski definition) is 2. The molecule has 1 aliphatic heterocycles. The highest BCUT2D eigenvalue weighted by Crippen LogP contribution is 2.30. The SMILES string of the molecule is O=C(O)C1CCN(C(C(=O)Nc2cc(Cl)cc(Cl)c2)c2ccccc2)C1. The molecule has 136 valence electrons. The molecule has 2 N–H and O–H groups in total. The first-order valence-corrected chi connectivity index (χ1v) is 8.98. The summed E-state index contributed by atoms with van der Waals surface area (Å²) in [6.07, 6.45) is 0.523. The van der Waals surface area contributed by atoms with Crippen molar-refractivity contribution in [3.05, 3.63) is 64.1 Å². The molecule has 2 aromatic rings. The van der Waals surface area contributed by atoms with Crippen molar-refractivity contribution in [2.45, 2.75) is 12.5 Å². The minimum absolute atomic E-state index is 0.249. The maximum atomic E-state index is 13.0. The summed E-state index contributed by atoms with van der Waals surface area (Å²) in [5.41, 5.74) is 1.31. The van der Waals surface area contributed by atoms with Crippen LogP contribution in [-0.2, 0) is 9.59 Å². The van der Waals surface area contributed by atoms with E-state index in [-0.39, 0.29) is 5.91 Å². The fourth-order valence-electron chi connectivity index (χ4n) is 3.22. The summed E-state index contributed by atoms with van der Waals surface area (Å²) in [5, 5.41) is 13.0.